The van der Waals surface area contributed by atoms with Gasteiger partial charge in [-0.15, -0.1) is 0 Å². The number of fused-ring (bicyclic) bond motifs is 1. The monoisotopic (exact) mass is 274 g/mol. The van der Waals surface area contributed by atoms with Crippen molar-refractivity contribution in [3.05, 3.63) is 35.6 Å². The van der Waals surface area contributed by atoms with Crippen LogP contribution in [0.15, 0.2) is 28.7 Å². The summed E-state index contributed by atoms with van der Waals surface area (Å²) in [6.45, 7) is 2.76. The first-order valence-electron chi connectivity index (χ1n) is 6.78. The molecule has 2 aromatic rings. The highest BCUT2D eigenvalue weighted by atomic mass is 16.3. The van der Waals surface area contributed by atoms with E-state index in [-0.39, 0.29) is 11.9 Å². The molecule has 5 nitrogen and oxygen atoms in total. The van der Waals surface area contributed by atoms with Crippen molar-refractivity contribution in [3.8, 4) is 0 Å². The van der Waals surface area contributed by atoms with Crippen LogP contribution in [-0.2, 0) is 0 Å². The molecular formula is C15H18N2O3. The van der Waals surface area contributed by atoms with Crippen LogP contribution in [0.3, 0.4) is 0 Å². The maximum atomic E-state index is 12.4. The second kappa shape index (κ2) is 4.92. The van der Waals surface area contributed by atoms with Gasteiger partial charge in [0, 0.05) is 30.1 Å². The molecule has 0 aliphatic carbocycles. The van der Waals surface area contributed by atoms with Crippen molar-refractivity contribution in [2.75, 3.05) is 13.1 Å². The van der Waals surface area contributed by atoms with E-state index in [0.717, 1.165) is 16.7 Å². The number of rotatable bonds is 1. The lowest BCUT2D eigenvalue weighted by Gasteiger charge is -2.34. The normalized spacial score (nSPS) is 23.2. The summed E-state index contributed by atoms with van der Waals surface area (Å²) < 4.78 is 5.50. The first-order valence-corrected chi connectivity index (χ1v) is 6.78. The number of benzene rings is 1. The molecule has 2 unspecified atom stereocenters. The Morgan fingerprint density at radius 3 is 3.00 bits per heavy atom. The number of aryl methyl sites for hydroxylation is 1. The fourth-order valence-corrected chi connectivity index (χ4v) is 2.63. The number of nitrogens with two attached hydrogens (primary N) is 1. The third-order valence-corrected chi connectivity index (χ3v) is 3.81. The highest BCUT2D eigenvalue weighted by Gasteiger charge is 2.28. The average Bonchev–Trinajstić information content (AvgIpc) is 2.80. The summed E-state index contributed by atoms with van der Waals surface area (Å²) in [7, 11) is 0. The van der Waals surface area contributed by atoms with Crippen LogP contribution < -0.4 is 5.73 Å². The minimum atomic E-state index is -0.646. The van der Waals surface area contributed by atoms with Gasteiger partial charge in [0.05, 0.1) is 6.10 Å². The molecule has 0 spiro atoms. The number of amides is 1. The summed E-state index contributed by atoms with van der Waals surface area (Å²) in [5, 5.41) is 10.7. The fourth-order valence-electron chi connectivity index (χ4n) is 2.63. The Morgan fingerprint density at radius 2 is 2.25 bits per heavy atom. The maximum absolute atomic E-state index is 12.4. The lowest BCUT2D eigenvalue weighted by atomic mass is 10.0. The summed E-state index contributed by atoms with van der Waals surface area (Å²) >= 11 is 0. The molecule has 1 aliphatic heterocycles. The van der Waals surface area contributed by atoms with E-state index in [4.69, 9.17) is 10.2 Å². The van der Waals surface area contributed by atoms with Crippen molar-refractivity contribution in [2.45, 2.75) is 25.5 Å². The smallest absolute Gasteiger partial charge is 0.253 e. The van der Waals surface area contributed by atoms with E-state index in [1.54, 1.807) is 11.0 Å². The first-order chi connectivity index (χ1) is 9.54. The highest BCUT2D eigenvalue weighted by molar-refractivity contribution is 5.97. The number of piperidine rings is 1. The van der Waals surface area contributed by atoms with Crippen LogP contribution in [0.4, 0.5) is 0 Å². The van der Waals surface area contributed by atoms with Crippen LogP contribution in [-0.4, -0.2) is 41.1 Å². The molecule has 1 fully saturated rings. The molecule has 1 aromatic carbocycles. The zero-order valence-corrected chi connectivity index (χ0v) is 11.4. The molecule has 20 heavy (non-hydrogen) atoms. The fraction of sp³-hybridized carbons (Fsp3) is 0.400. The van der Waals surface area contributed by atoms with Crippen molar-refractivity contribution < 1.29 is 14.3 Å². The number of hydrogen-bond acceptors (Lipinski definition) is 4. The Labute approximate surface area is 117 Å². The molecule has 0 radical (unpaired) electrons. The Bertz CT molecular complexity index is 650. The molecule has 1 aliphatic rings. The number of nitrogens with zero attached hydrogens (tertiary/aromatic N) is 1. The molecule has 3 N–H and O–H groups in total. The Morgan fingerprint density at radius 1 is 1.45 bits per heavy atom. The number of furan rings is 1. The van der Waals surface area contributed by atoms with E-state index in [1.807, 2.05) is 25.1 Å². The van der Waals surface area contributed by atoms with Gasteiger partial charge in [-0.2, -0.15) is 0 Å². The lowest BCUT2D eigenvalue weighted by Crippen LogP contribution is -2.52. The number of hydrogen-bond donors (Lipinski definition) is 2. The van der Waals surface area contributed by atoms with Crippen molar-refractivity contribution in [2.24, 2.45) is 5.73 Å². The van der Waals surface area contributed by atoms with Crippen LogP contribution in [0.2, 0.25) is 0 Å². The molecule has 106 valence electrons. The van der Waals surface area contributed by atoms with Crippen LogP contribution in [0.1, 0.15) is 22.5 Å². The summed E-state index contributed by atoms with van der Waals surface area (Å²) in [5.74, 6) is 0.751. The zero-order chi connectivity index (χ0) is 14.3. The topological polar surface area (TPSA) is 79.7 Å². The average molecular weight is 274 g/mol. The predicted molar refractivity (Wildman–Crippen MR) is 75.5 cm³/mol. The zero-order valence-electron chi connectivity index (χ0n) is 11.4. The number of aliphatic hydroxyl groups is 1. The molecule has 1 aromatic heterocycles. The molecule has 2 heterocycles. The van der Waals surface area contributed by atoms with Gasteiger partial charge in [-0.25, -0.2) is 0 Å². The van der Waals surface area contributed by atoms with E-state index >= 15 is 0 Å². The van der Waals surface area contributed by atoms with Crippen molar-refractivity contribution in [1.82, 2.24) is 4.90 Å². The van der Waals surface area contributed by atoms with Gasteiger partial charge in [0.25, 0.3) is 5.91 Å². The van der Waals surface area contributed by atoms with Crippen molar-refractivity contribution in [3.63, 3.8) is 0 Å². The van der Waals surface area contributed by atoms with E-state index in [9.17, 15) is 9.90 Å². The molecule has 0 bridgehead atoms. The summed E-state index contributed by atoms with van der Waals surface area (Å²) in [5.41, 5.74) is 7.15. The van der Waals surface area contributed by atoms with E-state index < -0.39 is 6.10 Å². The summed E-state index contributed by atoms with van der Waals surface area (Å²) in [4.78, 5) is 14.1. The second-order valence-corrected chi connectivity index (χ2v) is 5.38. The Hall–Kier alpha value is -1.85. The van der Waals surface area contributed by atoms with Crippen molar-refractivity contribution in [1.29, 1.82) is 0 Å². The number of aliphatic hydroxyl groups excluding tert-OH is 1. The van der Waals surface area contributed by atoms with Gasteiger partial charge in [0.2, 0.25) is 0 Å². The van der Waals surface area contributed by atoms with Gasteiger partial charge in [0.15, 0.2) is 0 Å². The molecule has 1 amide bonds. The third kappa shape index (κ3) is 2.30. The van der Waals surface area contributed by atoms with Crippen LogP contribution in [0, 0.1) is 6.92 Å². The van der Waals surface area contributed by atoms with E-state index in [1.165, 1.54) is 0 Å². The quantitative estimate of drug-likeness (QED) is 0.821. The second-order valence-electron chi connectivity index (χ2n) is 5.38. The van der Waals surface area contributed by atoms with Gasteiger partial charge < -0.3 is 20.2 Å². The minimum Gasteiger partial charge on any atom is -0.461 e. The van der Waals surface area contributed by atoms with E-state index in [2.05, 4.69) is 0 Å². The largest absolute Gasteiger partial charge is 0.461 e. The lowest BCUT2D eigenvalue weighted by molar-refractivity contribution is 0.0395. The van der Waals surface area contributed by atoms with Crippen LogP contribution in [0.5, 0.6) is 0 Å². The highest BCUT2D eigenvalue weighted by Crippen LogP contribution is 2.22. The number of carbonyl (C=O) groups is 1. The standard InChI is InChI=1S/C15H18N2O3/c1-9-6-11-7-10(2-3-14(11)20-9)15(19)17-5-4-12(16)13(18)8-17/h2-3,6-7,12-13,18H,4-5,8,16H2,1H3. The van der Waals surface area contributed by atoms with Crippen LogP contribution in [0.25, 0.3) is 11.0 Å². The molecule has 1 saturated heterocycles. The van der Waals surface area contributed by atoms with Gasteiger partial charge in [-0.3, -0.25) is 4.79 Å². The Balaban J connectivity index is 1.84. The van der Waals surface area contributed by atoms with Crippen LogP contribution >= 0.6 is 0 Å². The molecule has 0 saturated carbocycles. The third-order valence-electron chi connectivity index (χ3n) is 3.81. The summed E-state index contributed by atoms with van der Waals surface area (Å²) in [6.07, 6.45) is -0.0208. The Kier molecular flexibility index (Phi) is 3.23. The SMILES string of the molecule is Cc1cc2cc(C(=O)N3CCC(N)C(O)C3)ccc2o1. The first kappa shape index (κ1) is 13.1. The van der Waals surface area contributed by atoms with Crippen molar-refractivity contribution >= 4 is 16.9 Å². The van der Waals surface area contributed by atoms with Gasteiger partial charge in [0.1, 0.15) is 11.3 Å². The number of β-amino-alcohol motifs (C(OH)–C–C–N with tert-alkyl or cyclic N) is 1. The number of likely N-dealkylation sites (tertiary alicyclic amines) is 1. The predicted octanol–water partition coefficient (Wildman–Crippen LogP) is 1.28. The van der Waals surface area contributed by atoms with E-state index in [0.29, 0.717) is 25.1 Å². The number of carbonyl (C=O) groups excluding carboxylic acids is 1. The molecule has 3 rings (SSSR count). The maximum Gasteiger partial charge on any atom is 0.253 e. The minimum absolute atomic E-state index is 0.0725. The summed E-state index contributed by atoms with van der Waals surface area (Å²) in [6, 6.07) is 7.07. The van der Waals surface area contributed by atoms with Gasteiger partial charge >= 0.3 is 0 Å². The molecular weight excluding hydrogens is 256 g/mol. The van der Waals surface area contributed by atoms with Gasteiger partial charge in [-0.1, -0.05) is 0 Å². The molecule has 5 heteroatoms. The van der Waals surface area contributed by atoms with Gasteiger partial charge in [-0.05, 0) is 37.6 Å². The molecule has 2 atom stereocenters.